The van der Waals surface area contributed by atoms with Crippen LogP contribution in [0.15, 0.2) is 29.2 Å². The van der Waals surface area contributed by atoms with E-state index in [1.807, 2.05) is 13.0 Å². The summed E-state index contributed by atoms with van der Waals surface area (Å²) in [5, 5.41) is 0. The predicted octanol–water partition coefficient (Wildman–Crippen LogP) is 1.52. The molecule has 6 heteroatoms. The molecule has 0 aromatic heterocycles. The Hall–Kier alpha value is -0.950. The summed E-state index contributed by atoms with van der Waals surface area (Å²) in [6, 6.07) is 7.00. The van der Waals surface area contributed by atoms with E-state index in [4.69, 9.17) is 9.47 Å². The molecule has 0 amide bonds. The number of benzene rings is 1. The molecule has 2 aliphatic heterocycles. The molecule has 0 N–H and O–H groups in total. The molecule has 0 bridgehead atoms. The first-order chi connectivity index (χ1) is 9.52. The predicted molar refractivity (Wildman–Crippen MR) is 73.8 cm³/mol. The van der Waals surface area contributed by atoms with Gasteiger partial charge in [0, 0.05) is 13.0 Å². The highest BCUT2D eigenvalue weighted by Gasteiger charge is 2.44. The molecular formula is C14H19NO4S. The van der Waals surface area contributed by atoms with Gasteiger partial charge in [0.05, 0.1) is 24.7 Å². The van der Waals surface area contributed by atoms with Gasteiger partial charge in [0.25, 0.3) is 0 Å². The zero-order valence-corrected chi connectivity index (χ0v) is 12.4. The number of ether oxygens (including phenoxy) is 2. The van der Waals surface area contributed by atoms with Crippen molar-refractivity contribution in [1.82, 2.24) is 4.31 Å². The largest absolute Gasteiger partial charge is 0.346 e. The quantitative estimate of drug-likeness (QED) is 0.830. The Morgan fingerprint density at radius 2 is 2.00 bits per heavy atom. The van der Waals surface area contributed by atoms with Gasteiger partial charge in [0.1, 0.15) is 0 Å². The van der Waals surface area contributed by atoms with E-state index in [2.05, 4.69) is 0 Å². The van der Waals surface area contributed by atoms with Crippen LogP contribution < -0.4 is 0 Å². The summed E-state index contributed by atoms with van der Waals surface area (Å²) in [4.78, 5) is 0.340. The van der Waals surface area contributed by atoms with Crippen LogP contribution in [-0.4, -0.2) is 44.8 Å². The van der Waals surface area contributed by atoms with E-state index in [0.717, 1.165) is 18.4 Å². The van der Waals surface area contributed by atoms with Crippen LogP contribution in [0.2, 0.25) is 0 Å². The second-order valence-corrected chi connectivity index (χ2v) is 7.30. The Morgan fingerprint density at radius 3 is 2.70 bits per heavy atom. The van der Waals surface area contributed by atoms with Crippen LogP contribution in [0, 0.1) is 6.92 Å². The van der Waals surface area contributed by atoms with Gasteiger partial charge in [-0.2, -0.15) is 4.31 Å². The molecule has 3 rings (SSSR count). The lowest BCUT2D eigenvalue weighted by molar-refractivity contribution is -0.179. The number of rotatable bonds is 2. The van der Waals surface area contributed by atoms with E-state index in [-0.39, 0.29) is 6.54 Å². The Kier molecular flexibility index (Phi) is 3.58. The van der Waals surface area contributed by atoms with Crippen LogP contribution in [0.1, 0.15) is 18.4 Å². The molecule has 0 atom stereocenters. The third kappa shape index (κ3) is 2.48. The van der Waals surface area contributed by atoms with Gasteiger partial charge < -0.3 is 9.47 Å². The Labute approximate surface area is 119 Å². The highest BCUT2D eigenvalue weighted by molar-refractivity contribution is 7.89. The lowest BCUT2D eigenvalue weighted by Gasteiger charge is -2.37. The third-order valence-electron chi connectivity index (χ3n) is 3.82. The average molecular weight is 297 g/mol. The van der Waals surface area contributed by atoms with Crippen LogP contribution in [-0.2, 0) is 19.5 Å². The van der Waals surface area contributed by atoms with Crippen molar-refractivity contribution in [3.05, 3.63) is 29.8 Å². The number of piperidine rings is 1. The van der Waals surface area contributed by atoms with Crippen molar-refractivity contribution in [2.75, 3.05) is 26.3 Å². The Bertz CT molecular complexity index is 593. The maximum atomic E-state index is 12.7. The first kappa shape index (κ1) is 14.0. The minimum Gasteiger partial charge on any atom is -0.346 e. The monoisotopic (exact) mass is 297 g/mol. The summed E-state index contributed by atoms with van der Waals surface area (Å²) < 4.78 is 38.1. The highest BCUT2D eigenvalue weighted by Crippen LogP contribution is 2.32. The van der Waals surface area contributed by atoms with Crippen LogP contribution >= 0.6 is 0 Å². The summed E-state index contributed by atoms with van der Waals surface area (Å²) >= 11 is 0. The smallest absolute Gasteiger partial charge is 0.243 e. The minimum atomic E-state index is -3.47. The van der Waals surface area contributed by atoms with Crippen molar-refractivity contribution < 1.29 is 17.9 Å². The number of hydrogen-bond acceptors (Lipinski definition) is 4. The average Bonchev–Trinajstić information content (AvgIpc) is 2.87. The molecule has 110 valence electrons. The van der Waals surface area contributed by atoms with Crippen LogP contribution in [0.5, 0.6) is 0 Å². The maximum Gasteiger partial charge on any atom is 0.243 e. The third-order valence-corrected chi connectivity index (χ3v) is 5.66. The topological polar surface area (TPSA) is 55.8 Å². The van der Waals surface area contributed by atoms with Gasteiger partial charge in [-0.05, 0) is 31.0 Å². The molecule has 1 spiro atoms. The molecule has 0 unspecified atom stereocenters. The van der Waals surface area contributed by atoms with Gasteiger partial charge in [-0.1, -0.05) is 12.1 Å². The SMILES string of the molecule is Cc1cccc(S(=O)(=O)N2CCCC3(C2)OCCO3)c1. The van der Waals surface area contributed by atoms with Crippen LogP contribution in [0.4, 0.5) is 0 Å². The molecule has 2 aliphatic rings. The van der Waals surface area contributed by atoms with Gasteiger partial charge in [0.15, 0.2) is 5.79 Å². The summed E-state index contributed by atoms with van der Waals surface area (Å²) in [6.45, 7) is 3.77. The number of hydrogen-bond donors (Lipinski definition) is 0. The van der Waals surface area contributed by atoms with Gasteiger partial charge in [-0.25, -0.2) is 8.42 Å². The lowest BCUT2D eigenvalue weighted by Crippen LogP contribution is -2.50. The minimum absolute atomic E-state index is 0.281. The van der Waals surface area contributed by atoms with Crippen molar-refractivity contribution in [2.24, 2.45) is 0 Å². The number of nitrogens with zero attached hydrogens (tertiary/aromatic N) is 1. The van der Waals surface area contributed by atoms with Gasteiger partial charge >= 0.3 is 0 Å². The first-order valence-corrected chi connectivity index (χ1v) is 8.31. The Morgan fingerprint density at radius 1 is 1.25 bits per heavy atom. The summed E-state index contributed by atoms with van der Waals surface area (Å²) in [5.74, 6) is -0.727. The Balaban J connectivity index is 1.87. The fraction of sp³-hybridized carbons (Fsp3) is 0.571. The first-order valence-electron chi connectivity index (χ1n) is 6.87. The van der Waals surface area contributed by atoms with Gasteiger partial charge in [0.2, 0.25) is 10.0 Å². The van der Waals surface area contributed by atoms with E-state index >= 15 is 0 Å². The van der Waals surface area contributed by atoms with Crippen molar-refractivity contribution in [2.45, 2.75) is 30.4 Å². The highest BCUT2D eigenvalue weighted by atomic mass is 32.2. The summed E-state index contributed by atoms with van der Waals surface area (Å²) in [5.41, 5.74) is 0.936. The van der Waals surface area contributed by atoms with Crippen molar-refractivity contribution in [1.29, 1.82) is 0 Å². The molecule has 0 saturated carbocycles. The molecule has 0 radical (unpaired) electrons. The van der Waals surface area contributed by atoms with Crippen molar-refractivity contribution >= 4 is 10.0 Å². The molecule has 0 aliphatic carbocycles. The fourth-order valence-electron chi connectivity index (χ4n) is 2.81. The molecule has 1 aromatic carbocycles. The lowest BCUT2D eigenvalue weighted by atomic mass is 10.1. The zero-order chi connectivity index (χ0) is 14.2. The zero-order valence-electron chi connectivity index (χ0n) is 11.5. The second-order valence-electron chi connectivity index (χ2n) is 5.37. The fourth-order valence-corrected chi connectivity index (χ4v) is 4.43. The molecule has 1 aromatic rings. The number of sulfonamides is 1. The van der Waals surface area contributed by atoms with Gasteiger partial charge in [-0.15, -0.1) is 0 Å². The van der Waals surface area contributed by atoms with E-state index < -0.39 is 15.8 Å². The normalized spacial score (nSPS) is 23.2. The van der Waals surface area contributed by atoms with E-state index in [1.54, 1.807) is 18.2 Å². The molecule has 20 heavy (non-hydrogen) atoms. The maximum absolute atomic E-state index is 12.7. The number of aryl methyl sites for hydroxylation is 1. The molecule has 2 fully saturated rings. The van der Waals surface area contributed by atoms with E-state index in [0.29, 0.717) is 24.7 Å². The van der Waals surface area contributed by atoms with E-state index in [9.17, 15) is 8.42 Å². The molecule has 5 nitrogen and oxygen atoms in total. The molecule has 2 heterocycles. The van der Waals surface area contributed by atoms with Crippen molar-refractivity contribution in [3.8, 4) is 0 Å². The van der Waals surface area contributed by atoms with Crippen LogP contribution in [0.25, 0.3) is 0 Å². The molecular weight excluding hydrogens is 278 g/mol. The van der Waals surface area contributed by atoms with Crippen LogP contribution in [0.3, 0.4) is 0 Å². The van der Waals surface area contributed by atoms with Gasteiger partial charge in [-0.3, -0.25) is 0 Å². The standard InChI is InChI=1S/C14H19NO4S/c1-12-4-2-5-13(10-12)20(16,17)15-7-3-6-14(11-15)18-8-9-19-14/h2,4-5,10H,3,6-9,11H2,1H3. The molecule has 2 saturated heterocycles. The van der Waals surface area contributed by atoms with E-state index in [1.165, 1.54) is 4.31 Å². The summed E-state index contributed by atoms with van der Waals surface area (Å²) in [6.07, 6.45) is 1.51. The van der Waals surface area contributed by atoms with Crippen molar-refractivity contribution in [3.63, 3.8) is 0 Å². The summed E-state index contributed by atoms with van der Waals surface area (Å²) in [7, 11) is -3.47. The second kappa shape index (κ2) is 5.11.